The van der Waals surface area contributed by atoms with Crippen LogP contribution >= 0.6 is 11.6 Å². The Kier molecular flexibility index (Phi) is 3.24. The van der Waals surface area contributed by atoms with Crippen LogP contribution in [0.25, 0.3) is 0 Å². The lowest BCUT2D eigenvalue weighted by Crippen LogP contribution is -2.23. The molecule has 1 rings (SSSR count). The molecule has 1 aromatic rings. The van der Waals surface area contributed by atoms with E-state index < -0.39 is 12.2 Å². The molecule has 2 nitrogen and oxygen atoms in total. The Balaban J connectivity index is 2.84. The van der Waals surface area contributed by atoms with Gasteiger partial charge in [0.15, 0.2) is 6.17 Å². The number of benzene rings is 1. The van der Waals surface area contributed by atoms with E-state index in [1.807, 2.05) is 0 Å². The summed E-state index contributed by atoms with van der Waals surface area (Å²) in [6.07, 6.45) is -1.46. The summed E-state index contributed by atoms with van der Waals surface area (Å²) in [5.41, 5.74) is 5.59. The molecule has 0 spiro atoms. The SMILES string of the molecule is N#CC(N)C(F)c1ccc(Cl)cc1. The minimum atomic E-state index is -1.46. The zero-order valence-corrected chi connectivity index (χ0v) is 7.50. The van der Waals surface area contributed by atoms with Gasteiger partial charge in [0.1, 0.15) is 6.04 Å². The molecule has 0 heterocycles. The topological polar surface area (TPSA) is 49.8 Å². The molecule has 0 radical (unpaired) electrons. The van der Waals surface area contributed by atoms with Crippen molar-refractivity contribution in [1.29, 1.82) is 5.26 Å². The fourth-order valence-electron chi connectivity index (χ4n) is 0.919. The highest BCUT2D eigenvalue weighted by molar-refractivity contribution is 6.30. The van der Waals surface area contributed by atoms with E-state index in [0.717, 1.165) is 0 Å². The van der Waals surface area contributed by atoms with E-state index in [-0.39, 0.29) is 0 Å². The van der Waals surface area contributed by atoms with Crippen LogP contribution in [-0.2, 0) is 0 Å². The third-order valence-corrected chi connectivity index (χ3v) is 1.90. The van der Waals surface area contributed by atoms with Crippen molar-refractivity contribution in [3.8, 4) is 6.07 Å². The largest absolute Gasteiger partial charge is 0.313 e. The highest BCUT2D eigenvalue weighted by atomic mass is 35.5. The highest BCUT2D eigenvalue weighted by Gasteiger charge is 2.17. The van der Waals surface area contributed by atoms with Crippen molar-refractivity contribution in [2.75, 3.05) is 0 Å². The maximum Gasteiger partial charge on any atom is 0.153 e. The van der Waals surface area contributed by atoms with Crippen LogP contribution < -0.4 is 5.73 Å². The Morgan fingerprint density at radius 1 is 1.38 bits per heavy atom. The van der Waals surface area contributed by atoms with Gasteiger partial charge in [-0.2, -0.15) is 5.26 Å². The molecular formula is C9H8ClFN2. The van der Waals surface area contributed by atoms with Crippen molar-refractivity contribution in [1.82, 2.24) is 0 Å². The molecule has 0 saturated carbocycles. The number of nitrogens with zero attached hydrogens (tertiary/aromatic N) is 1. The summed E-state index contributed by atoms with van der Waals surface area (Å²) in [6.45, 7) is 0. The summed E-state index contributed by atoms with van der Waals surface area (Å²) in [4.78, 5) is 0. The van der Waals surface area contributed by atoms with E-state index in [2.05, 4.69) is 0 Å². The van der Waals surface area contributed by atoms with Crippen LogP contribution in [-0.4, -0.2) is 6.04 Å². The van der Waals surface area contributed by atoms with Gasteiger partial charge < -0.3 is 5.73 Å². The van der Waals surface area contributed by atoms with Crippen molar-refractivity contribution in [2.45, 2.75) is 12.2 Å². The van der Waals surface area contributed by atoms with Crippen molar-refractivity contribution in [2.24, 2.45) is 5.73 Å². The Hall–Kier alpha value is -1.11. The summed E-state index contributed by atoms with van der Waals surface area (Å²) >= 11 is 5.61. The molecule has 0 amide bonds. The Labute approximate surface area is 80.7 Å². The van der Waals surface area contributed by atoms with E-state index in [1.165, 1.54) is 12.1 Å². The summed E-state index contributed by atoms with van der Waals surface area (Å²) in [7, 11) is 0. The lowest BCUT2D eigenvalue weighted by molar-refractivity contribution is 0.320. The number of nitrogens with two attached hydrogens (primary N) is 1. The quantitative estimate of drug-likeness (QED) is 0.792. The standard InChI is InChI=1S/C9H8ClFN2/c10-7-3-1-6(2-4-7)9(11)8(13)5-12/h1-4,8-9H,13H2. The maximum atomic E-state index is 13.3. The first-order valence-corrected chi connectivity index (χ1v) is 4.07. The van der Waals surface area contributed by atoms with Gasteiger partial charge in [0, 0.05) is 5.02 Å². The van der Waals surface area contributed by atoms with Crippen LogP contribution in [0, 0.1) is 11.3 Å². The predicted octanol–water partition coefficient (Wildman–Crippen LogP) is 2.20. The predicted molar refractivity (Wildman–Crippen MR) is 48.9 cm³/mol. The van der Waals surface area contributed by atoms with Gasteiger partial charge in [-0.25, -0.2) is 4.39 Å². The number of rotatable bonds is 2. The number of hydrogen-bond donors (Lipinski definition) is 1. The first-order chi connectivity index (χ1) is 6.15. The van der Waals surface area contributed by atoms with Crippen LogP contribution in [0.1, 0.15) is 11.7 Å². The van der Waals surface area contributed by atoms with Gasteiger partial charge in [-0.05, 0) is 17.7 Å². The van der Waals surface area contributed by atoms with Crippen LogP contribution in [0.15, 0.2) is 24.3 Å². The number of halogens is 2. The van der Waals surface area contributed by atoms with Crippen LogP contribution in [0.5, 0.6) is 0 Å². The van der Waals surface area contributed by atoms with E-state index in [4.69, 9.17) is 22.6 Å². The Bertz CT molecular complexity index is 317. The van der Waals surface area contributed by atoms with Gasteiger partial charge in [0.05, 0.1) is 6.07 Å². The Morgan fingerprint density at radius 2 is 1.92 bits per heavy atom. The van der Waals surface area contributed by atoms with Crippen LogP contribution in [0.4, 0.5) is 4.39 Å². The molecule has 0 aliphatic rings. The lowest BCUT2D eigenvalue weighted by atomic mass is 10.1. The van der Waals surface area contributed by atoms with E-state index in [1.54, 1.807) is 18.2 Å². The number of alkyl halides is 1. The zero-order chi connectivity index (χ0) is 9.84. The molecule has 2 atom stereocenters. The third kappa shape index (κ3) is 2.41. The number of nitriles is 1. The summed E-state index contributed by atoms with van der Waals surface area (Å²) in [5, 5.41) is 8.91. The second-order valence-corrected chi connectivity index (χ2v) is 3.04. The fourth-order valence-corrected chi connectivity index (χ4v) is 1.05. The summed E-state index contributed by atoms with van der Waals surface area (Å²) in [6, 6.07) is 6.69. The normalized spacial score (nSPS) is 14.6. The minimum absolute atomic E-state index is 0.374. The van der Waals surface area contributed by atoms with Gasteiger partial charge in [-0.3, -0.25) is 0 Å². The number of hydrogen-bond acceptors (Lipinski definition) is 2. The second kappa shape index (κ2) is 4.22. The zero-order valence-electron chi connectivity index (χ0n) is 6.74. The molecule has 0 fully saturated rings. The molecule has 1 aromatic carbocycles. The molecule has 0 aliphatic carbocycles. The van der Waals surface area contributed by atoms with Gasteiger partial charge in [0.25, 0.3) is 0 Å². The summed E-state index contributed by atoms with van der Waals surface area (Å²) < 4.78 is 13.3. The maximum absolute atomic E-state index is 13.3. The van der Waals surface area contributed by atoms with Crippen molar-refractivity contribution in [3.63, 3.8) is 0 Å². The van der Waals surface area contributed by atoms with Gasteiger partial charge in [-0.1, -0.05) is 23.7 Å². The molecule has 2 N–H and O–H groups in total. The van der Waals surface area contributed by atoms with Crippen molar-refractivity contribution >= 4 is 11.6 Å². The average molecular weight is 199 g/mol. The van der Waals surface area contributed by atoms with Crippen molar-refractivity contribution < 1.29 is 4.39 Å². The van der Waals surface area contributed by atoms with Gasteiger partial charge in [0.2, 0.25) is 0 Å². The average Bonchev–Trinajstić information content (AvgIpc) is 2.17. The molecule has 0 aromatic heterocycles. The molecule has 13 heavy (non-hydrogen) atoms. The molecular weight excluding hydrogens is 191 g/mol. The minimum Gasteiger partial charge on any atom is -0.313 e. The van der Waals surface area contributed by atoms with Crippen molar-refractivity contribution in [3.05, 3.63) is 34.9 Å². The molecule has 68 valence electrons. The molecule has 4 heteroatoms. The highest BCUT2D eigenvalue weighted by Crippen LogP contribution is 2.21. The molecule has 0 bridgehead atoms. The van der Waals surface area contributed by atoms with Gasteiger partial charge in [-0.15, -0.1) is 0 Å². The monoisotopic (exact) mass is 198 g/mol. The lowest BCUT2D eigenvalue weighted by Gasteiger charge is -2.09. The smallest absolute Gasteiger partial charge is 0.153 e. The van der Waals surface area contributed by atoms with E-state index >= 15 is 0 Å². The van der Waals surface area contributed by atoms with E-state index in [0.29, 0.717) is 10.6 Å². The van der Waals surface area contributed by atoms with Gasteiger partial charge >= 0.3 is 0 Å². The fraction of sp³-hybridized carbons (Fsp3) is 0.222. The third-order valence-electron chi connectivity index (χ3n) is 1.65. The first-order valence-electron chi connectivity index (χ1n) is 3.70. The molecule has 0 aliphatic heterocycles. The molecule has 0 saturated heterocycles. The van der Waals surface area contributed by atoms with E-state index in [9.17, 15) is 4.39 Å². The second-order valence-electron chi connectivity index (χ2n) is 2.61. The van der Waals surface area contributed by atoms with Crippen LogP contribution in [0.2, 0.25) is 5.02 Å². The molecule has 2 unspecified atom stereocenters. The first kappa shape index (κ1) is 9.97. The summed E-state index contributed by atoms with van der Waals surface area (Å²) in [5.74, 6) is 0. The Morgan fingerprint density at radius 3 is 2.38 bits per heavy atom. The van der Waals surface area contributed by atoms with Crippen LogP contribution in [0.3, 0.4) is 0 Å².